The molecule has 0 aromatic heterocycles. The molecule has 0 aliphatic heterocycles. The molecule has 0 amide bonds. The van der Waals surface area contributed by atoms with Crippen molar-refractivity contribution in [2.24, 2.45) is 5.92 Å². The molecule has 9 heteroatoms. The number of rotatable bonds is 7. The number of anilines is 2. The maximum atomic E-state index is 12.7. The highest BCUT2D eigenvalue weighted by Gasteiger charge is 2.20. The predicted octanol–water partition coefficient (Wildman–Crippen LogP) is 3.85. The lowest BCUT2D eigenvalue weighted by atomic mass is 10.2. The van der Waals surface area contributed by atoms with Crippen LogP contribution in [0.25, 0.3) is 0 Å². The zero-order valence-corrected chi connectivity index (χ0v) is 17.0. The van der Waals surface area contributed by atoms with Crippen molar-refractivity contribution < 1.29 is 16.8 Å². The molecule has 6 nitrogen and oxygen atoms in total. The van der Waals surface area contributed by atoms with Crippen LogP contribution in [-0.4, -0.2) is 22.6 Å². The normalized spacial score (nSPS) is 12.2. The minimum absolute atomic E-state index is 0.0258. The Morgan fingerprint density at radius 1 is 1.00 bits per heavy atom. The van der Waals surface area contributed by atoms with Crippen LogP contribution in [-0.2, 0) is 20.0 Å². The van der Waals surface area contributed by atoms with Crippen LogP contribution >= 0.6 is 11.6 Å². The van der Waals surface area contributed by atoms with E-state index in [1.165, 1.54) is 12.1 Å². The van der Waals surface area contributed by atoms with Crippen LogP contribution in [0.5, 0.6) is 0 Å². The molecule has 0 spiro atoms. The minimum atomic E-state index is -3.94. The van der Waals surface area contributed by atoms with Gasteiger partial charge in [-0.15, -0.1) is 0 Å². The number of sulfonamides is 2. The van der Waals surface area contributed by atoms with Crippen molar-refractivity contribution in [1.29, 1.82) is 0 Å². The van der Waals surface area contributed by atoms with E-state index in [1.54, 1.807) is 51.1 Å². The first-order chi connectivity index (χ1) is 12.0. The fraction of sp³-hybridized carbons (Fsp3) is 0.294. The highest BCUT2D eigenvalue weighted by molar-refractivity contribution is 7.93. The van der Waals surface area contributed by atoms with Crippen molar-refractivity contribution in [1.82, 2.24) is 0 Å². The number of hydrogen-bond acceptors (Lipinski definition) is 4. The Morgan fingerprint density at radius 2 is 1.65 bits per heavy atom. The van der Waals surface area contributed by atoms with Crippen molar-refractivity contribution in [2.45, 2.75) is 25.7 Å². The van der Waals surface area contributed by atoms with E-state index in [0.717, 1.165) is 0 Å². The van der Waals surface area contributed by atoms with Gasteiger partial charge in [0.25, 0.3) is 10.0 Å². The fourth-order valence-corrected chi connectivity index (χ4v) is 5.39. The van der Waals surface area contributed by atoms with Gasteiger partial charge in [-0.3, -0.25) is 9.44 Å². The largest absolute Gasteiger partial charge is 0.284 e. The van der Waals surface area contributed by atoms with Crippen LogP contribution in [0.1, 0.15) is 19.4 Å². The number of nitrogens with one attached hydrogen (secondary N) is 2. The van der Waals surface area contributed by atoms with Crippen LogP contribution in [0.2, 0.25) is 5.02 Å². The van der Waals surface area contributed by atoms with Gasteiger partial charge in [-0.1, -0.05) is 43.6 Å². The monoisotopic (exact) mass is 416 g/mol. The molecule has 142 valence electrons. The molecule has 2 rings (SSSR count). The molecule has 0 aliphatic rings. The van der Waals surface area contributed by atoms with Crippen LogP contribution in [0.15, 0.2) is 47.4 Å². The number of halogens is 1. The first-order valence-electron chi connectivity index (χ1n) is 7.89. The van der Waals surface area contributed by atoms with E-state index in [-0.39, 0.29) is 33.0 Å². The molecular weight excluding hydrogens is 396 g/mol. The average molecular weight is 417 g/mol. The second-order valence-corrected chi connectivity index (χ2v) is 10.2. The summed E-state index contributed by atoms with van der Waals surface area (Å²) in [6.07, 6.45) is 0. The van der Waals surface area contributed by atoms with Gasteiger partial charge in [-0.05, 0) is 42.7 Å². The Kier molecular flexibility index (Phi) is 6.21. The van der Waals surface area contributed by atoms with E-state index in [2.05, 4.69) is 9.44 Å². The molecule has 0 fully saturated rings. The summed E-state index contributed by atoms with van der Waals surface area (Å²) in [5, 5.41) is 0.266. The topological polar surface area (TPSA) is 92.3 Å². The summed E-state index contributed by atoms with van der Waals surface area (Å²) in [6.45, 7) is 5.21. The van der Waals surface area contributed by atoms with Gasteiger partial charge in [0.15, 0.2) is 0 Å². The molecule has 0 saturated carbocycles. The molecule has 26 heavy (non-hydrogen) atoms. The molecule has 0 saturated heterocycles. The lowest BCUT2D eigenvalue weighted by Gasteiger charge is -2.14. The number of benzene rings is 2. The summed E-state index contributed by atoms with van der Waals surface area (Å²) < 4.78 is 54.5. The first-order valence-corrected chi connectivity index (χ1v) is 11.4. The lowest BCUT2D eigenvalue weighted by Crippen LogP contribution is -2.21. The van der Waals surface area contributed by atoms with E-state index in [0.29, 0.717) is 5.56 Å². The highest BCUT2D eigenvalue weighted by Crippen LogP contribution is 2.27. The predicted molar refractivity (Wildman–Crippen MR) is 106 cm³/mol. The molecule has 0 radical (unpaired) electrons. The van der Waals surface area contributed by atoms with E-state index < -0.39 is 20.0 Å². The van der Waals surface area contributed by atoms with E-state index in [4.69, 9.17) is 11.6 Å². The van der Waals surface area contributed by atoms with Crippen molar-refractivity contribution in [3.05, 3.63) is 53.1 Å². The van der Waals surface area contributed by atoms with E-state index >= 15 is 0 Å². The highest BCUT2D eigenvalue weighted by atomic mass is 35.5. The summed E-state index contributed by atoms with van der Waals surface area (Å²) in [5.74, 6) is -0.107. The number of aryl methyl sites for hydroxylation is 1. The fourth-order valence-electron chi connectivity index (χ4n) is 2.36. The van der Waals surface area contributed by atoms with Crippen molar-refractivity contribution in [3.8, 4) is 0 Å². The lowest BCUT2D eigenvalue weighted by molar-refractivity contribution is 0.587. The summed E-state index contributed by atoms with van der Waals surface area (Å²) in [6, 6.07) is 10.8. The smallest absolute Gasteiger partial charge is 0.262 e. The second kappa shape index (κ2) is 7.85. The Balaban J connectivity index is 2.36. The third-order valence-corrected chi connectivity index (χ3v) is 6.91. The third kappa shape index (κ3) is 5.36. The molecule has 2 aromatic carbocycles. The minimum Gasteiger partial charge on any atom is -0.284 e. The van der Waals surface area contributed by atoms with Crippen molar-refractivity contribution in [3.63, 3.8) is 0 Å². The maximum Gasteiger partial charge on any atom is 0.262 e. The molecule has 2 aromatic rings. The van der Waals surface area contributed by atoms with E-state index in [1.807, 2.05) is 0 Å². The molecule has 0 aliphatic carbocycles. The molecule has 0 bridgehead atoms. The number of hydrogen-bond donors (Lipinski definition) is 2. The third-order valence-electron chi connectivity index (χ3n) is 3.42. The Hall–Kier alpha value is -1.77. The van der Waals surface area contributed by atoms with E-state index in [9.17, 15) is 16.8 Å². The molecule has 0 unspecified atom stereocenters. The van der Waals surface area contributed by atoms with Gasteiger partial charge < -0.3 is 0 Å². The number of para-hydroxylation sites is 1. The van der Waals surface area contributed by atoms with Crippen LogP contribution in [0, 0.1) is 12.8 Å². The standard InChI is InChI=1S/C17H21ClN2O4S2/c1-12(2)11-25(21,22)19-14-9-8-13(3)17(10-14)26(23,24)20-16-7-5-4-6-15(16)18/h4-10,12,19-20H,11H2,1-3H3. The van der Waals surface area contributed by atoms with Crippen LogP contribution < -0.4 is 9.44 Å². The van der Waals surface area contributed by atoms with Crippen molar-refractivity contribution >= 4 is 43.0 Å². The summed E-state index contributed by atoms with van der Waals surface area (Å²) in [5.41, 5.74) is 0.923. The zero-order valence-electron chi connectivity index (χ0n) is 14.7. The van der Waals surface area contributed by atoms with Crippen LogP contribution in [0.4, 0.5) is 11.4 Å². The Labute approximate surface area is 159 Å². The van der Waals surface area contributed by atoms with Gasteiger partial charge in [0, 0.05) is 5.69 Å². The Bertz CT molecular complexity index is 1000. The van der Waals surface area contributed by atoms with Gasteiger partial charge in [-0.2, -0.15) is 0 Å². The Morgan fingerprint density at radius 3 is 2.27 bits per heavy atom. The summed E-state index contributed by atoms with van der Waals surface area (Å²) in [7, 11) is -7.50. The molecule has 2 N–H and O–H groups in total. The molecule has 0 heterocycles. The maximum absolute atomic E-state index is 12.7. The average Bonchev–Trinajstić information content (AvgIpc) is 2.49. The van der Waals surface area contributed by atoms with Gasteiger partial charge in [-0.25, -0.2) is 16.8 Å². The second-order valence-electron chi connectivity index (χ2n) is 6.34. The van der Waals surface area contributed by atoms with Gasteiger partial charge in [0.2, 0.25) is 10.0 Å². The molecular formula is C17H21ClN2O4S2. The quantitative estimate of drug-likeness (QED) is 0.717. The van der Waals surface area contributed by atoms with Crippen LogP contribution in [0.3, 0.4) is 0 Å². The SMILES string of the molecule is Cc1ccc(NS(=O)(=O)CC(C)C)cc1S(=O)(=O)Nc1ccccc1Cl. The zero-order chi connectivity index (χ0) is 19.5. The summed E-state index contributed by atoms with van der Waals surface area (Å²) in [4.78, 5) is -0.0258. The van der Waals surface area contributed by atoms with Crippen molar-refractivity contribution in [2.75, 3.05) is 15.2 Å². The summed E-state index contributed by atoms with van der Waals surface area (Å²) >= 11 is 6.01. The van der Waals surface area contributed by atoms with Gasteiger partial charge >= 0.3 is 0 Å². The van der Waals surface area contributed by atoms with Gasteiger partial charge in [0.05, 0.1) is 21.4 Å². The first kappa shape index (κ1) is 20.5. The molecule has 0 atom stereocenters. The van der Waals surface area contributed by atoms with Gasteiger partial charge in [0.1, 0.15) is 0 Å².